The normalized spacial score (nSPS) is 14.5. The topological polar surface area (TPSA) is 67.9 Å². The molecule has 1 atom stereocenters. The van der Waals surface area contributed by atoms with Crippen molar-refractivity contribution in [3.8, 4) is 11.5 Å². The van der Waals surface area contributed by atoms with Gasteiger partial charge in [-0.2, -0.15) is 0 Å². The second kappa shape index (κ2) is 11.6. The zero-order chi connectivity index (χ0) is 24.6. The Kier molecular flexibility index (Phi) is 8.03. The number of hydrogen-bond donors (Lipinski definition) is 1. The van der Waals surface area contributed by atoms with Crippen molar-refractivity contribution in [2.75, 3.05) is 26.3 Å². The first-order valence-electron chi connectivity index (χ1n) is 12.2. The second-order valence-corrected chi connectivity index (χ2v) is 8.41. The van der Waals surface area contributed by atoms with Gasteiger partial charge in [0.1, 0.15) is 6.04 Å². The minimum atomic E-state index is -0.636. The molecule has 0 spiro atoms. The summed E-state index contributed by atoms with van der Waals surface area (Å²) >= 11 is 0. The van der Waals surface area contributed by atoms with Gasteiger partial charge >= 0.3 is 0 Å². The number of fused-ring (bicyclic) bond motifs is 1. The van der Waals surface area contributed by atoms with Gasteiger partial charge in [-0.15, -0.1) is 0 Å². The third kappa shape index (κ3) is 5.65. The summed E-state index contributed by atoms with van der Waals surface area (Å²) in [6, 6.07) is 22.6. The summed E-state index contributed by atoms with van der Waals surface area (Å²) in [5.74, 6) is 1.14. The Bertz CT molecular complexity index is 1160. The van der Waals surface area contributed by atoms with Gasteiger partial charge in [-0.05, 0) is 61.6 Å². The third-order valence-corrected chi connectivity index (χ3v) is 6.11. The molecule has 0 saturated carbocycles. The molecule has 3 aromatic carbocycles. The minimum absolute atomic E-state index is 0.111. The summed E-state index contributed by atoms with van der Waals surface area (Å²) in [7, 11) is 0. The van der Waals surface area contributed by atoms with E-state index in [1.807, 2.05) is 80.6 Å². The number of hydrogen-bond acceptors (Lipinski definition) is 4. The molecule has 0 aromatic heterocycles. The van der Waals surface area contributed by atoms with Crippen molar-refractivity contribution in [1.29, 1.82) is 0 Å². The lowest BCUT2D eigenvalue weighted by atomic mass is 10.0. The van der Waals surface area contributed by atoms with E-state index in [1.54, 1.807) is 11.0 Å². The van der Waals surface area contributed by atoms with E-state index in [-0.39, 0.29) is 11.8 Å². The molecule has 182 valence electrons. The number of ether oxygens (including phenoxy) is 2. The first-order valence-corrected chi connectivity index (χ1v) is 12.2. The number of rotatable bonds is 11. The van der Waals surface area contributed by atoms with Crippen molar-refractivity contribution in [1.82, 2.24) is 10.2 Å². The maximum Gasteiger partial charge on any atom is 0.255 e. The van der Waals surface area contributed by atoms with Crippen molar-refractivity contribution in [2.24, 2.45) is 0 Å². The smallest absolute Gasteiger partial charge is 0.255 e. The first-order chi connectivity index (χ1) is 17.1. The lowest BCUT2D eigenvalue weighted by Gasteiger charge is -2.25. The number of amides is 2. The highest BCUT2D eigenvalue weighted by atomic mass is 16.5. The van der Waals surface area contributed by atoms with Crippen LogP contribution < -0.4 is 14.8 Å². The summed E-state index contributed by atoms with van der Waals surface area (Å²) in [4.78, 5) is 28.2. The van der Waals surface area contributed by atoms with Gasteiger partial charge < -0.3 is 19.7 Å². The Morgan fingerprint density at radius 1 is 0.857 bits per heavy atom. The van der Waals surface area contributed by atoms with Crippen molar-refractivity contribution < 1.29 is 19.1 Å². The lowest BCUT2D eigenvalue weighted by molar-refractivity contribution is -0.125. The lowest BCUT2D eigenvalue weighted by Crippen LogP contribution is -2.40. The Labute approximate surface area is 206 Å². The number of carbonyl (C=O) groups is 2. The van der Waals surface area contributed by atoms with Crippen LogP contribution in [0.1, 0.15) is 46.9 Å². The van der Waals surface area contributed by atoms with Crippen molar-refractivity contribution in [3.05, 3.63) is 95.1 Å². The van der Waals surface area contributed by atoms with E-state index in [2.05, 4.69) is 5.32 Å². The standard InChI is InChI=1S/C29H32N2O4/c1-3-34-25-15-14-22(20-26(25)35-4-2)17-19-31-27(23-12-8-9-13-24(23)29(31)33)28(32)30-18-16-21-10-6-5-7-11-21/h5-15,20,27H,3-4,16-19H2,1-2H3,(H,30,32)/t27-/m0/s1. The molecule has 6 nitrogen and oxygen atoms in total. The van der Waals surface area contributed by atoms with E-state index < -0.39 is 6.04 Å². The van der Waals surface area contributed by atoms with Crippen LogP contribution in [0.25, 0.3) is 0 Å². The molecule has 2 amide bonds. The molecule has 1 aliphatic rings. The zero-order valence-corrected chi connectivity index (χ0v) is 20.3. The summed E-state index contributed by atoms with van der Waals surface area (Å²) in [6.45, 7) is 5.90. The van der Waals surface area contributed by atoms with Crippen LogP contribution in [0.2, 0.25) is 0 Å². The van der Waals surface area contributed by atoms with Crippen LogP contribution in [-0.2, 0) is 17.6 Å². The molecule has 0 aliphatic carbocycles. The number of benzene rings is 3. The SMILES string of the molecule is CCOc1ccc(CCN2C(=O)c3ccccc3[C@H]2C(=O)NCCc2ccccc2)cc1OCC. The van der Waals surface area contributed by atoms with Crippen LogP contribution in [0.3, 0.4) is 0 Å². The Morgan fingerprint density at radius 3 is 2.34 bits per heavy atom. The van der Waals surface area contributed by atoms with Crippen molar-refractivity contribution in [2.45, 2.75) is 32.7 Å². The van der Waals surface area contributed by atoms with E-state index in [1.165, 1.54) is 0 Å². The van der Waals surface area contributed by atoms with Gasteiger partial charge in [-0.1, -0.05) is 54.6 Å². The largest absolute Gasteiger partial charge is 0.490 e. The fourth-order valence-corrected chi connectivity index (χ4v) is 4.46. The highest BCUT2D eigenvalue weighted by Gasteiger charge is 2.40. The van der Waals surface area contributed by atoms with Crippen molar-refractivity contribution >= 4 is 11.8 Å². The van der Waals surface area contributed by atoms with Gasteiger partial charge in [0.25, 0.3) is 5.91 Å². The quantitative estimate of drug-likeness (QED) is 0.444. The molecule has 3 aromatic rings. The molecular weight excluding hydrogens is 440 g/mol. The average molecular weight is 473 g/mol. The molecule has 0 radical (unpaired) electrons. The predicted molar refractivity (Wildman–Crippen MR) is 136 cm³/mol. The highest BCUT2D eigenvalue weighted by Crippen LogP contribution is 2.34. The fraction of sp³-hybridized carbons (Fsp3) is 0.310. The molecule has 4 rings (SSSR count). The Morgan fingerprint density at radius 2 is 1.57 bits per heavy atom. The predicted octanol–water partition coefficient (Wildman–Crippen LogP) is 4.58. The molecule has 0 fully saturated rings. The van der Waals surface area contributed by atoms with E-state index in [0.29, 0.717) is 49.8 Å². The molecule has 0 unspecified atom stereocenters. The van der Waals surface area contributed by atoms with Crippen LogP contribution in [-0.4, -0.2) is 43.0 Å². The van der Waals surface area contributed by atoms with Gasteiger partial charge in [0, 0.05) is 18.7 Å². The molecule has 1 aliphatic heterocycles. The maximum absolute atomic E-state index is 13.3. The average Bonchev–Trinajstić information content (AvgIpc) is 3.16. The molecule has 0 saturated heterocycles. The summed E-state index contributed by atoms with van der Waals surface area (Å²) in [5, 5.41) is 3.04. The molecule has 0 bridgehead atoms. The Hall–Kier alpha value is -3.80. The monoisotopic (exact) mass is 472 g/mol. The zero-order valence-electron chi connectivity index (χ0n) is 20.3. The summed E-state index contributed by atoms with van der Waals surface area (Å²) < 4.78 is 11.4. The van der Waals surface area contributed by atoms with Gasteiger partial charge in [-0.3, -0.25) is 9.59 Å². The van der Waals surface area contributed by atoms with Gasteiger partial charge in [0.05, 0.1) is 13.2 Å². The Balaban J connectivity index is 1.48. The van der Waals surface area contributed by atoms with Crippen LogP contribution in [0.5, 0.6) is 11.5 Å². The fourth-order valence-electron chi connectivity index (χ4n) is 4.46. The van der Waals surface area contributed by atoms with Crippen LogP contribution in [0.15, 0.2) is 72.8 Å². The van der Waals surface area contributed by atoms with Crippen LogP contribution in [0.4, 0.5) is 0 Å². The van der Waals surface area contributed by atoms with Crippen LogP contribution in [0, 0.1) is 0 Å². The van der Waals surface area contributed by atoms with Gasteiger partial charge in [0.15, 0.2) is 11.5 Å². The number of carbonyl (C=O) groups excluding carboxylic acids is 2. The highest BCUT2D eigenvalue weighted by molar-refractivity contribution is 6.04. The molecule has 35 heavy (non-hydrogen) atoms. The molecule has 6 heteroatoms. The molecule has 1 heterocycles. The molecular formula is C29H32N2O4. The third-order valence-electron chi connectivity index (χ3n) is 6.11. The van der Waals surface area contributed by atoms with Crippen molar-refractivity contribution in [3.63, 3.8) is 0 Å². The number of nitrogens with zero attached hydrogens (tertiary/aromatic N) is 1. The number of nitrogens with one attached hydrogen (secondary N) is 1. The molecule has 1 N–H and O–H groups in total. The van der Waals surface area contributed by atoms with Gasteiger partial charge in [0.2, 0.25) is 5.91 Å². The van der Waals surface area contributed by atoms with E-state index in [9.17, 15) is 9.59 Å². The first kappa shape index (κ1) is 24.3. The van der Waals surface area contributed by atoms with Crippen LogP contribution >= 0.6 is 0 Å². The minimum Gasteiger partial charge on any atom is -0.490 e. The summed E-state index contributed by atoms with van der Waals surface area (Å²) in [5.41, 5.74) is 3.53. The second-order valence-electron chi connectivity index (χ2n) is 8.41. The van der Waals surface area contributed by atoms with E-state index >= 15 is 0 Å². The maximum atomic E-state index is 13.3. The summed E-state index contributed by atoms with van der Waals surface area (Å²) in [6.07, 6.45) is 1.33. The van der Waals surface area contributed by atoms with E-state index in [0.717, 1.165) is 23.1 Å². The van der Waals surface area contributed by atoms with E-state index in [4.69, 9.17) is 9.47 Å². The van der Waals surface area contributed by atoms with Gasteiger partial charge in [-0.25, -0.2) is 0 Å².